The molecule has 0 amide bonds. The fourth-order valence-electron chi connectivity index (χ4n) is 5.45. The van der Waals surface area contributed by atoms with Crippen LogP contribution in [0.15, 0.2) is 36.9 Å². The minimum atomic E-state index is -0.143. The number of hydrogen-bond donors (Lipinski definition) is 0. The Labute approximate surface area is 171 Å². The van der Waals surface area contributed by atoms with Crippen LogP contribution in [-0.4, -0.2) is 5.97 Å². The number of fused-ring (bicyclic) bond motifs is 3. The summed E-state index contributed by atoms with van der Waals surface area (Å²) in [6.45, 7) is 5.98. The molecule has 3 saturated carbocycles. The van der Waals surface area contributed by atoms with E-state index in [0.29, 0.717) is 23.0 Å². The fourth-order valence-corrected chi connectivity index (χ4v) is 5.45. The average Bonchev–Trinajstić information content (AvgIpc) is 2.73. The van der Waals surface area contributed by atoms with Crippen LogP contribution in [0.2, 0.25) is 0 Å². The Morgan fingerprint density at radius 3 is 2.29 bits per heavy atom. The molecule has 0 radical (unpaired) electrons. The Hall–Kier alpha value is -1.57. The second kappa shape index (κ2) is 9.76. The van der Waals surface area contributed by atoms with E-state index in [-0.39, 0.29) is 5.97 Å². The zero-order chi connectivity index (χ0) is 19.9. The second-order valence-electron chi connectivity index (χ2n) is 9.27. The van der Waals surface area contributed by atoms with Crippen molar-refractivity contribution in [3.8, 4) is 5.75 Å². The molecule has 3 aliphatic rings. The molecule has 1 aromatic rings. The third-order valence-corrected chi connectivity index (χ3v) is 7.45. The summed E-state index contributed by atoms with van der Waals surface area (Å²) in [7, 11) is 0. The fraction of sp³-hybridized carbons (Fsp3) is 0.654. The molecule has 2 heteroatoms. The van der Waals surface area contributed by atoms with Crippen molar-refractivity contribution in [3.05, 3.63) is 42.5 Å². The normalized spacial score (nSPS) is 26.2. The summed E-state index contributed by atoms with van der Waals surface area (Å²) in [4.78, 5) is 11.9. The Morgan fingerprint density at radius 1 is 1.00 bits per heavy atom. The van der Waals surface area contributed by atoms with Crippen LogP contribution in [-0.2, 0) is 10.2 Å². The lowest BCUT2D eigenvalue weighted by molar-refractivity contribution is -0.134. The van der Waals surface area contributed by atoms with Crippen LogP contribution >= 0.6 is 0 Å². The highest BCUT2D eigenvalue weighted by Gasteiger charge is 2.48. The van der Waals surface area contributed by atoms with Crippen LogP contribution < -0.4 is 4.74 Å². The van der Waals surface area contributed by atoms with E-state index in [4.69, 9.17) is 4.74 Å². The molecule has 2 bridgehead atoms. The molecule has 0 unspecified atom stereocenters. The standard InChI is InChI=1S/C26H38O2/c1-3-5-7-9-15-25-16-19-26(20-17-25,21-18-25)22-11-13-23(14-12-22)28-24(27)10-8-6-4-2/h4,11-14H,2-3,5-10,15-21H2,1H3. The minimum Gasteiger partial charge on any atom is -0.427 e. The van der Waals surface area contributed by atoms with Gasteiger partial charge in [0.1, 0.15) is 5.75 Å². The Bertz CT molecular complexity index is 618. The van der Waals surface area contributed by atoms with E-state index in [1.165, 1.54) is 76.2 Å². The number of esters is 1. The molecule has 0 spiro atoms. The van der Waals surface area contributed by atoms with Gasteiger partial charge in [-0.05, 0) is 86.3 Å². The molecule has 0 atom stereocenters. The van der Waals surface area contributed by atoms with Gasteiger partial charge in [-0.15, -0.1) is 6.58 Å². The van der Waals surface area contributed by atoms with Crippen molar-refractivity contribution in [3.63, 3.8) is 0 Å². The lowest BCUT2D eigenvalue weighted by Crippen LogP contribution is -2.44. The van der Waals surface area contributed by atoms with E-state index in [9.17, 15) is 4.79 Å². The molecule has 28 heavy (non-hydrogen) atoms. The zero-order valence-corrected chi connectivity index (χ0v) is 17.8. The zero-order valence-electron chi connectivity index (χ0n) is 17.8. The first kappa shape index (κ1) is 21.1. The van der Waals surface area contributed by atoms with Crippen LogP contribution in [0.3, 0.4) is 0 Å². The molecule has 4 rings (SSSR count). The van der Waals surface area contributed by atoms with E-state index in [1.54, 1.807) is 0 Å². The van der Waals surface area contributed by atoms with Crippen LogP contribution in [0.4, 0.5) is 0 Å². The van der Waals surface area contributed by atoms with Gasteiger partial charge in [0.05, 0.1) is 0 Å². The molecular formula is C26H38O2. The quantitative estimate of drug-likeness (QED) is 0.171. The third-order valence-electron chi connectivity index (χ3n) is 7.45. The number of rotatable bonds is 11. The first-order valence-corrected chi connectivity index (χ1v) is 11.5. The monoisotopic (exact) mass is 382 g/mol. The molecule has 0 aromatic heterocycles. The van der Waals surface area contributed by atoms with E-state index in [0.717, 1.165) is 12.8 Å². The van der Waals surface area contributed by atoms with Gasteiger partial charge >= 0.3 is 5.97 Å². The Balaban J connectivity index is 1.52. The molecule has 3 aliphatic carbocycles. The predicted molar refractivity (Wildman–Crippen MR) is 117 cm³/mol. The van der Waals surface area contributed by atoms with Crippen molar-refractivity contribution in [1.29, 1.82) is 0 Å². The molecule has 0 N–H and O–H groups in total. The topological polar surface area (TPSA) is 26.3 Å². The number of benzene rings is 1. The summed E-state index contributed by atoms with van der Waals surface area (Å²) < 4.78 is 5.49. The molecule has 2 nitrogen and oxygen atoms in total. The third kappa shape index (κ3) is 5.07. The molecule has 154 valence electrons. The van der Waals surface area contributed by atoms with Gasteiger partial charge in [0.15, 0.2) is 0 Å². The summed E-state index contributed by atoms with van der Waals surface area (Å²) in [5.41, 5.74) is 2.48. The van der Waals surface area contributed by atoms with Gasteiger partial charge in [0.25, 0.3) is 0 Å². The molecule has 3 fully saturated rings. The summed E-state index contributed by atoms with van der Waals surface area (Å²) in [5, 5.41) is 0. The number of unbranched alkanes of at least 4 members (excludes halogenated alkanes) is 4. The van der Waals surface area contributed by atoms with Gasteiger partial charge in [-0.25, -0.2) is 0 Å². The Kier molecular flexibility index (Phi) is 7.37. The summed E-state index contributed by atoms with van der Waals surface area (Å²) in [6, 6.07) is 8.42. The first-order chi connectivity index (χ1) is 13.6. The molecule has 0 aliphatic heterocycles. The number of ether oxygens (including phenoxy) is 1. The van der Waals surface area contributed by atoms with Crippen LogP contribution in [0.1, 0.15) is 102 Å². The maximum atomic E-state index is 11.9. The van der Waals surface area contributed by atoms with Gasteiger partial charge in [0, 0.05) is 6.42 Å². The van der Waals surface area contributed by atoms with E-state index < -0.39 is 0 Å². The molecule has 1 aromatic carbocycles. The first-order valence-electron chi connectivity index (χ1n) is 11.5. The number of allylic oxidation sites excluding steroid dienone is 1. The lowest BCUT2D eigenvalue weighted by Gasteiger charge is -2.54. The maximum Gasteiger partial charge on any atom is 0.311 e. The van der Waals surface area contributed by atoms with Gasteiger partial charge in [-0.3, -0.25) is 4.79 Å². The van der Waals surface area contributed by atoms with Gasteiger partial charge in [-0.1, -0.05) is 50.8 Å². The molecular weight excluding hydrogens is 344 g/mol. The number of carbonyl (C=O) groups is 1. The molecule has 0 saturated heterocycles. The number of carbonyl (C=O) groups excluding carboxylic acids is 1. The van der Waals surface area contributed by atoms with Gasteiger partial charge in [0.2, 0.25) is 0 Å². The highest BCUT2D eigenvalue weighted by molar-refractivity contribution is 5.72. The highest BCUT2D eigenvalue weighted by Crippen LogP contribution is 2.59. The van der Waals surface area contributed by atoms with Crippen LogP contribution in [0.25, 0.3) is 0 Å². The van der Waals surface area contributed by atoms with E-state index >= 15 is 0 Å². The van der Waals surface area contributed by atoms with Crippen molar-refractivity contribution < 1.29 is 9.53 Å². The Morgan fingerprint density at radius 2 is 1.68 bits per heavy atom. The number of hydrogen-bond acceptors (Lipinski definition) is 2. The second-order valence-corrected chi connectivity index (χ2v) is 9.27. The van der Waals surface area contributed by atoms with Gasteiger partial charge in [-0.2, -0.15) is 0 Å². The lowest BCUT2D eigenvalue weighted by atomic mass is 9.51. The maximum absolute atomic E-state index is 11.9. The van der Waals surface area contributed by atoms with Crippen LogP contribution in [0, 0.1) is 5.41 Å². The smallest absolute Gasteiger partial charge is 0.311 e. The summed E-state index contributed by atoms with van der Waals surface area (Å²) in [6.07, 6.45) is 19.2. The SMILES string of the molecule is C=CCCCC(=O)Oc1ccc(C23CCC(CCCCCC)(CC2)CC3)cc1. The van der Waals surface area contributed by atoms with Crippen molar-refractivity contribution >= 4 is 5.97 Å². The highest BCUT2D eigenvalue weighted by atomic mass is 16.5. The predicted octanol–water partition coefficient (Wildman–Crippen LogP) is 7.51. The minimum absolute atomic E-state index is 0.143. The molecule has 0 heterocycles. The van der Waals surface area contributed by atoms with Crippen molar-refractivity contribution in [2.75, 3.05) is 0 Å². The average molecular weight is 383 g/mol. The van der Waals surface area contributed by atoms with E-state index in [2.05, 4.69) is 25.6 Å². The van der Waals surface area contributed by atoms with Crippen LogP contribution in [0.5, 0.6) is 5.75 Å². The summed E-state index contributed by atoms with van der Waals surface area (Å²) >= 11 is 0. The largest absolute Gasteiger partial charge is 0.427 e. The van der Waals surface area contributed by atoms with Crippen molar-refractivity contribution in [2.45, 2.75) is 102 Å². The van der Waals surface area contributed by atoms with E-state index in [1.807, 2.05) is 18.2 Å². The van der Waals surface area contributed by atoms with Gasteiger partial charge < -0.3 is 4.74 Å². The van der Waals surface area contributed by atoms with Crippen molar-refractivity contribution in [2.24, 2.45) is 5.41 Å². The summed E-state index contributed by atoms with van der Waals surface area (Å²) in [5.74, 6) is 0.539. The van der Waals surface area contributed by atoms with Crippen molar-refractivity contribution in [1.82, 2.24) is 0 Å².